The van der Waals surface area contributed by atoms with E-state index in [0.717, 1.165) is 57.1 Å². The number of carbonyl (C=O) groups excluding carboxylic acids is 2. The van der Waals surface area contributed by atoms with Crippen molar-refractivity contribution in [2.24, 2.45) is 4.99 Å². The van der Waals surface area contributed by atoms with Gasteiger partial charge in [-0.05, 0) is 205 Å². The lowest BCUT2D eigenvalue weighted by Crippen LogP contribution is -2.44. The van der Waals surface area contributed by atoms with Gasteiger partial charge in [0.25, 0.3) is 0 Å². The Bertz CT molecular complexity index is 1960. The Balaban J connectivity index is 1.17. The van der Waals surface area contributed by atoms with Crippen molar-refractivity contribution in [2.75, 3.05) is 46.6 Å². The quantitative estimate of drug-likeness (QED) is 0.00964. The van der Waals surface area contributed by atoms with Crippen LogP contribution in [0.25, 0.3) is 0 Å². The SMILES string of the molecule is CC(C)(C)OC(=O)/N=C(/NCc1ccc(OCOOCOOCOONCCCNCCCOc2c(I)cc(Oc3c(I)cc(CC(=O)O)cc3I)cc2I)cc1)NC(=O)OC(C)(C)C. The maximum atomic E-state index is 12.3. The number of aliphatic imine (C=N–C) groups is 1. The van der Waals surface area contributed by atoms with Crippen molar-refractivity contribution in [3.8, 4) is 23.0 Å². The number of hydrogen-bond donors (Lipinski definition) is 5. The smallest absolute Gasteiger partial charge is 0.437 e. The lowest BCUT2D eigenvalue weighted by molar-refractivity contribution is -0.476. The highest BCUT2D eigenvalue weighted by molar-refractivity contribution is 14.1. The molecule has 0 bridgehead atoms. The van der Waals surface area contributed by atoms with Crippen molar-refractivity contribution in [1.82, 2.24) is 21.4 Å². The Hall–Kier alpha value is -2.66. The zero-order valence-corrected chi connectivity index (χ0v) is 45.1. The number of carboxylic acid groups (broad SMARTS) is 1. The Morgan fingerprint density at radius 2 is 1.25 bits per heavy atom. The van der Waals surface area contributed by atoms with Crippen LogP contribution in [0.4, 0.5) is 9.59 Å². The summed E-state index contributed by atoms with van der Waals surface area (Å²) < 4.78 is 31.7. The molecule has 0 saturated heterocycles. The summed E-state index contributed by atoms with van der Waals surface area (Å²) >= 11 is 8.79. The molecule has 0 spiro atoms. The first-order valence-electron chi connectivity index (χ1n) is 19.8. The average Bonchev–Trinajstić information content (AvgIpc) is 3.19. The predicted octanol–water partition coefficient (Wildman–Crippen LogP) is 8.48. The third-order valence-electron chi connectivity index (χ3n) is 7.33. The van der Waals surface area contributed by atoms with Gasteiger partial charge in [-0.25, -0.2) is 24.3 Å². The fourth-order valence-corrected chi connectivity index (χ4v) is 8.91. The van der Waals surface area contributed by atoms with Crippen LogP contribution in [0, 0.1) is 14.3 Å². The van der Waals surface area contributed by atoms with E-state index in [9.17, 15) is 14.4 Å². The van der Waals surface area contributed by atoms with E-state index in [0.29, 0.717) is 30.4 Å². The molecule has 3 rings (SSSR count). The minimum Gasteiger partial charge on any atom is -0.491 e. The van der Waals surface area contributed by atoms with Crippen LogP contribution in [0.5, 0.6) is 23.0 Å². The van der Waals surface area contributed by atoms with Gasteiger partial charge in [0.05, 0.1) is 27.3 Å². The average molecular weight is 1360 g/mol. The summed E-state index contributed by atoms with van der Waals surface area (Å²) in [5.74, 6) is 1.63. The van der Waals surface area contributed by atoms with Crippen molar-refractivity contribution in [1.29, 1.82) is 0 Å². The standard InChI is InChI=1S/C41H53I4N5O15/c1-40(2,3)63-38(53)49-37(50-39(54)64-41(4,5)6)47-22-26-9-11-28(12-10-26)56-23-57-58-24-59-60-25-61-65-48-15-7-13-46-14-8-16-55-35-32(44)20-29(21-33(35)45)62-36-30(42)17-27(18-31(36)43)19-34(51)52/h9-12,17-18,20-21,46,48H,7-8,13-16,19,22-25H2,1-6H3,(H,51,52)(H2,47,49,50,53,54). The number of rotatable bonds is 26. The number of guanidine groups is 1. The largest absolute Gasteiger partial charge is 0.491 e. The van der Waals surface area contributed by atoms with Crippen LogP contribution >= 0.6 is 90.4 Å². The summed E-state index contributed by atoms with van der Waals surface area (Å²) in [6, 6.07) is 14.4. The van der Waals surface area contributed by atoms with Crippen molar-refractivity contribution in [2.45, 2.75) is 78.6 Å². The van der Waals surface area contributed by atoms with Gasteiger partial charge in [0.1, 0.15) is 28.5 Å². The van der Waals surface area contributed by atoms with E-state index in [4.69, 9.17) is 58.2 Å². The molecule has 3 aromatic rings. The maximum Gasteiger partial charge on any atom is 0.437 e. The first-order chi connectivity index (χ1) is 30.8. The summed E-state index contributed by atoms with van der Waals surface area (Å²) in [5.41, 5.74) is 2.63. The van der Waals surface area contributed by atoms with Crippen LogP contribution in [0.1, 0.15) is 65.5 Å². The molecular formula is C41H53I4N5O15. The molecule has 3 aromatic carbocycles. The Kier molecular flexibility index (Phi) is 26.1. The lowest BCUT2D eigenvalue weighted by atomic mass is 10.1. The van der Waals surface area contributed by atoms with E-state index in [1.807, 2.05) is 24.3 Å². The summed E-state index contributed by atoms with van der Waals surface area (Å²) in [7, 11) is 0. The Morgan fingerprint density at radius 1 is 0.662 bits per heavy atom. The van der Waals surface area contributed by atoms with Crippen molar-refractivity contribution in [3.63, 3.8) is 0 Å². The molecule has 0 aliphatic rings. The molecule has 0 aliphatic heterocycles. The molecule has 2 amide bonds. The van der Waals surface area contributed by atoms with E-state index >= 15 is 0 Å². The van der Waals surface area contributed by atoms with Crippen LogP contribution in [0.3, 0.4) is 0 Å². The highest BCUT2D eigenvalue weighted by Crippen LogP contribution is 2.37. The molecule has 0 aliphatic carbocycles. The van der Waals surface area contributed by atoms with Crippen LogP contribution < -0.4 is 35.6 Å². The molecule has 20 nitrogen and oxygen atoms in total. The summed E-state index contributed by atoms with van der Waals surface area (Å²) in [4.78, 5) is 68.4. The number of hydrogen-bond acceptors (Lipinski definition) is 16. The molecule has 0 radical (unpaired) electrons. The van der Waals surface area contributed by atoms with E-state index < -0.39 is 29.4 Å². The number of alkyl carbamates (subject to hydrolysis) is 1. The maximum absolute atomic E-state index is 12.3. The van der Waals surface area contributed by atoms with Gasteiger partial charge in [-0.1, -0.05) is 12.1 Å². The van der Waals surface area contributed by atoms with Gasteiger partial charge in [-0.15, -0.1) is 9.98 Å². The predicted molar refractivity (Wildman–Crippen MR) is 269 cm³/mol. The topological polar surface area (TPSA) is 233 Å². The van der Waals surface area contributed by atoms with Crippen LogP contribution in [0.15, 0.2) is 53.5 Å². The van der Waals surface area contributed by atoms with Crippen molar-refractivity contribution in [3.05, 3.63) is 73.9 Å². The number of ether oxygens (including phenoxy) is 5. The number of carbonyl (C=O) groups is 3. The number of halogens is 4. The molecule has 0 unspecified atom stereocenters. The van der Waals surface area contributed by atoms with Gasteiger partial charge in [-0.3, -0.25) is 10.1 Å². The molecule has 24 heteroatoms. The zero-order valence-electron chi connectivity index (χ0n) is 36.5. The van der Waals surface area contributed by atoms with Crippen LogP contribution in [-0.2, 0) is 56.7 Å². The van der Waals surface area contributed by atoms with E-state index in [1.54, 1.807) is 65.8 Å². The first-order valence-corrected chi connectivity index (χ1v) is 24.1. The highest BCUT2D eigenvalue weighted by atomic mass is 127. The zero-order chi connectivity index (χ0) is 47.8. The minimum atomic E-state index is -0.882. The second-order valence-corrected chi connectivity index (χ2v) is 19.9. The van der Waals surface area contributed by atoms with E-state index in [1.165, 1.54) is 0 Å². The number of carboxylic acids is 1. The summed E-state index contributed by atoms with van der Waals surface area (Å²) in [5, 5.41) is 17.8. The van der Waals surface area contributed by atoms with Crippen LogP contribution in [-0.4, -0.2) is 87.0 Å². The monoisotopic (exact) mass is 1360 g/mol. The van der Waals surface area contributed by atoms with Gasteiger partial charge < -0.3 is 39.4 Å². The fourth-order valence-electron chi connectivity index (χ4n) is 4.77. The molecule has 65 heavy (non-hydrogen) atoms. The molecule has 5 N–H and O–H groups in total. The number of nitrogens with one attached hydrogen (secondary N) is 4. The minimum absolute atomic E-state index is 0.0407. The van der Waals surface area contributed by atoms with Gasteiger partial charge in [0.15, 0.2) is 5.75 Å². The van der Waals surface area contributed by atoms with Crippen molar-refractivity contribution < 1.29 is 72.6 Å². The Labute approximate surface area is 431 Å². The third kappa shape index (κ3) is 25.3. The highest BCUT2D eigenvalue weighted by Gasteiger charge is 2.21. The fraction of sp³-hybridized carbons (Fsp3) is 0.463. The summed E-state index contributed by atoms with van der Waals surface area (Å²) in [6.07, 6.45) is -0.130. The molecule has 0 heterocycles. The van der Waals surface area contributed by atoms with Gasteiger partial charge in [0, 0.05) is 13.1 Å². The normalized spacial score (nSPS) is 11.8. The van der Waals surface area contributed by atoms with E-state index in [-0.39, 0.29) is 39.3 Å². The van der Waals surface area contributed by atoms with Gasteiger partial charge in [0.2, 0.25) is 26.3 Å². The number of nitrogens with zero attached hydrogens (tertiary/aromatic N) is 1. The lowest BCUT2D eigenvalue weighted by Gasteiger charge is -2.21. The number of amides is 2. The molecule has 0 aromatic heterocycles. The second-order valence-electron chi connectivity index (χ2n) is 15.2. The number of aliphatic carboxylic acids is 1. The Morgan fingerprint density at radius 3 is 1.86 bits per heavy atom. The molecule has 0 fully saturated rings. The molecule has 360 valence electrons. The van der Waals surface area contributed by atoms with E-state index in [2.05, 4.69) is 117 Å². The third-order valence-corrected chi connectivity index (χ3v) is 10.5. The first kappa shape index (κ1) is 56.7. The number of hydroxylamine groups is 1. The van der Waals surface area contributed by atoms with Crippen molar-refractivity contribution >= 4 is 114 Å². The molecular weight excluding hydrogens is 1310 g/mol. The summed E-state index contributed by atoms with van der Waals surface area (Å²) in [6.45, 7) is 12.1. The van der Waals surface area contributed by atoms with Gasteiger partial charge >= 0.3 is 18.2 Å². The van der Waals surface area contributed by atoms with Gasteiger partial charge in [-0.2, -0.15) is 15.3 Å². The second kappa shape index (κ2) is 30.0. The van der Waals surface area contributed by atoms with Crippen LogP contribution in [0.2, 0.25) is 0 Å². The molecule has 0 atom stereocenters. The molecule has 0 saturated carbocycles. The number of benzene rings is 3.